The first-order valence-corrected chi connectivity index (χ1v) is 5.02. The molecule has 0 bridgehead atoms. The molecule has 0 spiro atoms. The lowest BCUT2D eigenvalue weighted by Crippen LogP contribution is -2.36. The zero-order valence-corrected chi connectivity index (χ0v) is 9.77. The van der Waals surface area contributed by atoms with Crippen molar-refractivity contribution in [1.82, 2.24) is 0 Å². The molecule has 1 aromatic rings. The second-order valence-corrected chi connectivity index (χ2v) is 3.40. The van der Waals surface area contributed by atoms with E-state index in [2.05, 4.69) is 5.32 Å². The van der Waals surface area contributed by atoms with Gasteiger partial charge in [0.1, 0.15) is 6.04 Å². The monoisotopic (exact) mass is 240 g/mol. The Hall–Kier alpha value is -1.95. The van der Waals surface area contributed by atoms with Gasteiger partial charge in [-0.1, -0.05) is 0 Å². The van der Waals surface area contributed by atoms with Crippen LogP contribution in [0.2, 0.25) is 0 Å². The summed E-state index contributed by atoms with van der Waals surface area (Å²) in [5.41, 5.74) is 6.09. The molecule has 1 aromatic carbocycles. The van der Waals surface area contributed by atoms with Crippen LogP contribution in [0.1, 0.15) is 0 Å². The van der Waals surface area contributed by atoms with Crippen LogP contribution >= 0.6 is 0 Å². The van der Waals surface area contributed by atoms with Crippen molar-refractivity contribution < 1.29 is 19.4 Å². The number of nitrogens with two attached hydrogens (primary N) is 1. The quantitative estimate of drug-likeness (QED) is 0.671. The van der Waals surface area contributed by atoms with Crippen LogP contribution in [0.3, 0.4) is 0 Å². The summed E-state index contributed by atoms with van der Waals surface area (Å²) < 4.78 is 10.2. The summed E-state index contributed by atoms with van der Waals surface area (Å²) in [6.45, 7) is 0.144. The molecule has 6 heteroatoms. The molecule has 6 nitrogen and oxygen atoms in total. The number of methoxy groups -OCH3 is 2. The molecular weight excluding hydrogens is 224 g/mol. The highest BCUT2D eigenvalue weighted by Gasteiger charge is 2.11. The van der Waals surface area contributed by atoms with Crippen LogP contribution in [-0.2, 0) is 4.79 Å². The topological polar surface area (TPSA) is 93.8 Å². The zero-order valence-electron chi connectivity index (χ0n) is 9.77. The van der Waals surface area contributed by atoms with E-state index in [-0.39, 0.29) is 6.54 Å². The molecule has 0 fully saturated rings. The molecule has 1 atom stereocenters. The summed E-state index contributed by atoms with van der Waals surface area (Å²) >= 11 is 0. The van der Waals surface area contributed by atoms with Crippen molar-refractivity contribution in [3.05, 3.63) is 18.2 Å². The number of benzene rings is 1. The van der Waals surface area contributed by atoms with Crippen molar-refractivity contribution in [2.75, 3.05) is 26.1 Å². The average Bonchev–Trinajstić information content (AvgIpc) is 2.35. The molecule has 94 valence electrons. The lowest BCUT2D eigenvalue weighted by molar-refractivity contribution is -0.138. The van der Waals surface area contributed by atoms with E-state index >= 15 is 0 Å². The van der Waals surface area contributed by atoms with Crippen LogP contribution in [-0.4, -0.2) is 37.9 Å². The number of rotatable bonds is 6. The molecule has 0 radical (unpaired) electrons. The number of carboxylic acids is 1. The van der Waals surface area contributed by atoms with Crippen molar-refractivity contribution in [3.63, 3.8) is 0 Å². The van der Waals surface area contributed by atoms with E-state index in [9.17, 15) is 4.79 Å². The number of carbonyl (C=O) groups is 1. The van der Waals surface area contributed by atoms with Gasteiger partial charge in [-0.25, -0.2) is 0 Å². The van der Waals surface area contributed by atoms with Crippen molar-refractivity contribution in [2.24, 2.45) is 5.73 Å². The molecular formula is C11H16N2O4. The van der Waals surface area contributed by atoms with Crippen molar-refractivity contribution in [3.8, 4) is 11.5 Å². The van der Waals surface area contributed by atoms with Crippen molar-refractivity contribution in [1.29, 1.82) is 0 Å². The Morgan fingerprint density at radius 2 is 2.06 bits per heavy atom. The van der Waals surface area contributed by atoms with Crippen LogP contribution in [0.25, 0.3) is 0 Å². The number of ether oxygens (including phenoxy) is 2. The normalized spacial score (nSPS) is 11.7. The third kappa shape index (κ3) is 3.53. The molecule has 0 aromatic heterocycles. The summed E-state index contributed by atoms with van der Waals surface area (Å²) in [7, 11) is 3.08. The van der Waals surface area contributed by atoms with Gasteiger partial charge in [0.15, 0.2) is 11.5 Å². The molecule has 0 saturated carbocycles. The number of carboxylic acid groups (broad SMARTS) is 1. The molecule has 0 aliphatic carbocycles. The number of hydrogen-bond donors (Lipinski definition) is 3. The predicted octanol–water partition coefficient (Wildman–Crippen LogP) is 0.528. The van der Waals surface area contributed by atoms with Gasteiger partial charge in [0.05, 0.1) is 14.2 Å². The highest BCUT2D eigenvalue weighted by atomic mass is 16.5. The van der Waals surface area contributed by atoms with Gasteiger partial charge in [0.2, 0.25) is 0 Å². The largest absolute Gasteiger partial charge is 0.493 e. The van der Waals surface area contributed by atoms with Gasteiger partial charge < -0.3 is 25.6 Å². The molecule has 1 unspecified atom stereocenters. The maximum Gasteiger partial charge on any atom is 0.322 e. The Labute approximate surface area is 99.3 Å². The molecule has 0 heterocycles. The van der Waals surface area contributed by atoms with Crippen LogP contribution in [0.5, 0.6) is 11.5 Å². The molecule has 0 aliphatic heterocycles. The first-order valence-electron chi connectivity index (χ1n) is 5.02. The Kier molecular flexibility index (Phi) is 4.59. The minimum Gasteiger partial charge on any atom is -0.493 e. The number of anilines is 1. The number of hydrogen-bond acceptors (Lipinski definition) is 5. The standard InChI is InChI=1S/C11H16N2O4/c1-16-9-4-3-7(5-10(9)17-2)13-6-8(12)11(14)15/h3-5,8,13H,6,12H2,1-2H3,(H,14,15). The summed E-state index contributed by atoms with van der Waals surface area (Å²) in [5.74, 6) is 0.139. The lowest BCUT2D eigenvalue weighted by Gasteiger charge is -2.12. The first kappa shape index (κ1) is 13.1. The van der Waals surface area contributed by atoms with E-state index in [1.54, 1.807) is 25.3 Å². The van der Waals surface area contributed by atoms with E-state index in [1.807, 2.05) is 0 Å². The predicted molar refractivity (Wildman–Crippen MR) is 63.6 cm³/mol. The SMILES string of the molecule is COc1ccc(NCC(N)C(=O)O)cc1OC. The van der Waals surface area contributed by atoms with Gasteiger partial charge in [0.25, 0.3) is 0 Å². The van der Waals surface area contributed by atoms with Crippen LogP contribution in [0, 0.1) is 0 Å². The van der Waals surface area contributed by atoms with E-state index in [4.69, 9.17) is 20.3 Å². The Morgan fingerprint density at radius 3 is 2.59 bits per heavy atom. The minimum atomic E-state index is -1.04. The van der Waals surface area contributed by atoms with Gasteiger partial charge in [0, 0.05) is 18.3 Å². The van der Waals surface area contributed by atoms with E-state index in [0.717, 1.165) is 5.69 Å². The van der Waals surface area contributed by atoms with Gasteiger partial charge in [-0.05, 0) is 12.1 Å². The van der Waals surface area contributed by atoms with Gasteiger partial charge in [-0.15, -0.1) is 0 Å². The fourth-order valence-corrected chi connectivity index (χ4v) is 1.26. The second kappa shape index (κ2) is 5.95. The van der Waals surface area contributed by atoms with Crippen LogP contribution < -0.4 is 20.5 Å². The van der Waals surface area contributed by atoms with Gasteiger partial charge in [-0.3, -0.25) is 4.79 Å². The lowest BCUT2D eigenvalue weighted by atomic mass is 10.2. The molecule has 1 rings (SSSR count). The Bertz CT molecular complexity index is 395. The van der Waals surface area contributed by atoms with E-state index in [0.29, 0.717) is 11.5 Å². The number of nitrogens with one attached hydrogen (secondary N) is 1. The number of aliphatic carboxylic acids is 1. The highest BCUT2D eigenvalue weighted by molar-refractivity contribution is 5.74. The molecule has 17 heavy (non-hydrogen) atoms. The Morgan fingerprint density at radius 1 is 1.41 bits per heavy atom. The summed E-state index contributed by atoms with van der Waals surface area (Å²) in [5, 5.41) is 11.5. The molecule has 0 aliphatic rings. The van der Waals surface area contributed by atoms with E-state index < -0.39 is 12.0 Å². The van der Waals surface area contributed by atoms with Crippen LogP contribution in [0.15, 0.2) is 18.2 Å². The maximum atomic E-state index is 10.5. The summed E-state index contributed by atoms with van der Waals surface area (Å²) in [4.78, 5) is 10.5. The van der Waals surface area contributed by atoms with Crippen LogP contribution in [0.4, 0.5) is 5.69 Å². The fourth-order valence-electron chi connectivity index (χ4n) is 1.26. The molecule has 0 saturated heterocycles. The van der Waals surface area contributed by atoms with Crippen molar-refractivity contribution in [2.45, 2.75) is 6.04 Å². The molecule has 4 N–H and O–H groups in total. The maximum absolute atomic E-state index is 10.5. The summed E-state index contributed by atoms with van der Waals surface area (Å²) in [6.07, 6.45) is 0. The van der Waals surface area contributed by atoms with E-state index in [1.165, 1.54) is 7.11 Å². The summed E-state index contributed by atoms with van der Waals surface area (Å²) in [6, 6.07) is 4.26. The third-order valence-electron chi connectivity index (χ3n) is 2.23. The first-order chi connectivity index (χ1) is 8.08. The smallest absolute Gasteiger partial charge is 0.322 e. The second-order valence-electron chi connectivity index (χ2n) is 3.40. The van der Waals surface area contributed by atoms with Gasteiger partial charge in [-0.2, -0.15) is 0 Å². The highest BCUT2D eigenvalue weighted by Crippen LogP contribution is 2.29. The average molecular weight is 240 g/mol. The molecule has 0 amide bonds. The third-order valence-corrected chi connectivity index (χ3v) is 2.23. The van der Waals surface area contributed by atoms with Gasteiger partial charge >= 0.3 is 5.97 Å². The van der Waals surface area contributed by atoms with Crippen molar-refractivity contribution >= 4 is 11.7 Å². The minimum absolute atomic E-state index is 0.144. The Balaban J connectivity index is 2.69. The zero-order chi connectivity index (χ0) is 12.8. The fraction of sp³-hybridized carbons (Fsp3) is 0.364.